The lowest BCUT2D eigenvalue weighted by Gasteiger charge is -2.03. The summed E-state index contributed by atoms with van der Waals surface area (Å²) < 4.78 is 0. The fourth-order valence-electron chi connectivity index (χ4n) is 1.84. The highest BCUT2D eigenvalue weighted by molar-refractivity contribution is 7.18. The number of rotatable bonds is 4. The van der Waals surface area contributed by atoms with E-state index in [4.69, 9.17) is 23.2 Å². The van der Waals surface area contributed by atoms with E-state index in [9.17, 15) is 10.1 Å². The van der Waals surface area contributed by atoms with Crippen molar-refractivity contribution in [2.24, 2.45) is 0 Å². The summed E-state index contributed by atoms with van der Waals surface area (Å²) in [6, 6.07) is 11.4. The fourth-order valence-corrected chi connectivity index (χ4v) is 2.90. The monoisotopic (exact) mass is 366 g/mol. The minimum absolute atomic E-state index is 0.0108. The molecule has 23 heavy (non-hydrogen) atoms. The predicted octanol–water partition coefficient (Wildman–Crippen LogP) is 5.16. The summed E-state index contributed by atoms with van der Waals surface area (Å²) in [6.07, 6.45) is 0. The second kappa shape index (κ2) is 6.49. The van der Waals surface area contributed by atoms with Crippen LogP contribution in [-0.2, 0) is 0 Å². The van der Waals surface area contributed by atoms with Crippen molar-refractivity contribution in [1.29, 1.82) is 0 Å². The first kappa shape index (κ1) is 15.7. The van der Waals surface area contributed by atoms with E-state index in [1.54, 1.807) is 30.3 Å². The van der Waals surface area contributed by atoms with E-state index in [1.807, 2.05) is 0 Å². The third kappa shape index (κ3) is 3.58. The van der Waals surface area contributed by atoms with Gasteiger partial charge in [0.05, 0.1) is 15.0 Å². The Morgan fingerprint density at radius 1 is 1.09 bits per heavy atom. The van der Waals surface area contributed by atoms with E-state index in [-0.39, 0.29) is 5.69 Å². The van der Waals surface area contributed by atoms with Crippen molar-refractivity contribution in [1.82, 2.24) is 10.2 Å². The third-order valence-electron chi connectivity index (χ3n) is 2.90. The molecule has 9 heteroatoms. The number of halogens is 2. The van der Waals surface area contributed by atoms with Gasteiger partial charge in [-0.05, 0) is 18.2 Å². The van der Waals surface area contributed by atoms with Crippen molar-refractivity contribution in [2.45, 2.75) is 0 Å². The molecule has 0 aliphatic heterocycles. The summed E-state index contributed by atoms with van der Waals surface area (Å²) in [7, 11) is 0. The number of aromatic nitrogens is 2. The van der Waals surface area contributed by atoms with Gasteiger partial charge in [0.1, 0.15) is 5.01 Å². The lowest BCUT2D eigenvalue weighted by molar-refractivity contribution is -0.384. The number of hydrogen-bond acceptors (Lipinski definition) is 6. The Morgan fingerprint density at radius 3 is 2.65 bits per heavy atom. The normalized spacial score (nSPS) is 10.5. The van der Waals surface area contributed by atoms with E-state index >= 15 is 0 Å². The summed E-state index contributed by atoms with van der Waals surface area (Å²) in [4.78, 5) is 10.4. The Balaban J connectivity index is 1.84. The van der Waals surface area contributed by atoms with Crippen LogP contribution in [0.5, 0.6) is 0 Å². The second-order valence-electron chi connectivity index (χ2n) is 4.47. The zero-order valence-electron chi connectivity index (χ0n) is 11.4. The van der Waals surface area contributed by atoms with Crippen LogP contribution >= 0.6 is 34.5 Å². The third-order valence-corrected chi connectivity index (χ3v) is 4.53. The Bertz CT molecular complexity index is 885. The highest BCUT2D eigenvalue weighted by Crippen LogP contribution is 2.31. The summed E-state index contributed by atoms with van der Waals surface area (Å²) in [5.74, 6) is 0. The summed E-state index contributed by atoms with van der Waals surface area (Å²) in [6.45, 7) is 0. The number of nitrogens with one attached hydrogen (secondary N) is 1. The van der Waals surface area contributed by atoms with Gasteiger partial charge in [0.2, 0.25) is 5.13 Å². The van der Waals surface area contributed by atoms with Crippen molar-refractivity contribution < 1.29 is 4.92 Å². The van der Waals surface area contributed by atoms with E-state index in [0.717, 1.165) is 5.69 Å². The molecule has 0 aliphatic rings. The molecule has 116 valence electrons. The molecule has 0 bridgehead atoms. The maximum atomic E-state index is 10.8. The average molecular weight is 367 g/mol. The first-order chi connectivity index (χ1) is 11.0. The maximum Gasteiger partial charge on any atom is 0.270 e. The summed E-state index contributed by atoms with van der Waals surface area (Å²) in [5, 5.41) is 24.0. The number of nitrogens with zero attached hydrogens (tertiary/aromatic N) is 3. The molecule has 0 aliphatic carbocycles. The highest BCUT2D eigenvalue weighted by atomic mass is 35.5. The van der Waals surface area contributed by atoms with Crippen molar-refractivity contribution in [3.63, 3.8) is 0 Å². The quantitative estimate of drug-likeness (QED) is 0.509. The SMILES string of the molecule is O=[N+]([O-])c1cccc(-c2nnc(Nc3ccc(Cl)c(Cl)c3)s2)c1. The number of hydrogen-bond donors (Lipinski definition) is 1. The lowest BCUT2D eigenvalue weighted by Crippen LogP contribution is -1.89. The Labute approximate surface area is 144 Å². The van der Waals surface area contributed by atoms with Gasteiger partial charge in [0.15, 0.2) is 0 Å². The standard InChI is InChI=1S/C14H8Cl2N4O2S/c15-11-5-4-9(7-12(11)16)17-14-19-18-13(23-14)8-2-1-3-10(6-8)20(21)22/h1-7H,(H,17,19). The Hall–Kier alpha value is -2.22. The Morgan fingerprint density at radius 2 is 1.91 bits per heavy atom. The molecular weight excluding hydrogens is 359 g/mol. The summed E-state index contributed by atoms with van der Waals surface area (Å²) in [5.41, 5.74) is 1.37. The lowest BCUT2D eigenvalue weighted by atomic mass is 10.2. The minimum atomic E-state index is -0.445. The molecule has 0 saturated carbocycles. The molecule has 2 aromatic carbocycles. The highest BCUT2D eigenvalue weighted by Gasteiger charge is 2.11. The molecular formula is C14H8Cl2N4O2S. The van der Waals surface area contributed by atoms with Crippen LogP contribution in [0.4, 0.5) is 16.5 Å². The van der Waals surface area contributed by atoms with Crippen LogP contribution in [0, 0.1) is 10.1 Å². The fraction of sp³-hybridized carbons (Fsp3) is 0. The number of nitro groups is 1. The van der Waals surface area contributed by atoms with Crippen molar-refractivity contribution in [2.75, 3.05) is 5.32 Å². The smallest absolute Gasteiger partial charge is 0.270 e. The van der Waals surface area contributed by atoms with Crippen molar-refractivity contribution in [3.8, 4) is 10.6 Å². The largest absolute Gasteiger partial charge is 0.330 e. The van der Waals surface area contributed by atoms with Gasteiger partial charge in [-0.25, -0.2) is 0 Å². The van der Waals surface area contributed by atoms with Crippen LogP contribution in [0.1, 0.15) is 0 Å². The van der Waals surface area contributed by atoms with Gasteiger partial charge in [-0.15, -0.1) is 10.2 Å². The molecule has 3 rings (SSSR count). The molecule has 1 N–H and O–H groups in total. The van der Waals surface area contributed by atoms with Gasteiger partial charge in [0.25, 0.3) is 5.69 Å². The van der Waals surface area contributed by atoms with Gasteiger partial charge in [-0.1, -0.05) is 46.7 Å². The van der Waals surface area contributed by atoms with E-state index in [0.29, 0.717) is 25.7 Å². The first-order valence-electron chi connectivity index (χ1n) is 6.33. The van der Waals surface area contributed by atoms with Crippen LogP contribution in [-0.4, -0.2) is 15.1 Å². The number of benzene rings is 2. The Kier molecular flexibility index (Phi) is 4.42. The van der Waals surface area contributed by atoms with E-state index in [1.165, 1.54) is 23.5 Å². The van der Waals surface area contributed by atoms with Gasteiger partial charge in [-0.3, -0.25) is 10.1 Å². The van der Waals surface area contributed by atoms with Crippen molar-refractivity contribution >= 4 is 51.0 Å². The second-order valence-corrected chi connectivity index (χ2v) is 6.27. The molecule has 0 unspecified atom stereocenters. The molecule has 0 fully saturated rings. The minimum Gasteiger partial charge on any atom is -0.330 e. The zero-order chi connectivity index (χ0) is 16.4. The summed E-state index contributed by atoms with van der Waals surface area (Å²) >= 11 is 13.1. The molecule has 0 amide bonds. The zero-order valence-corrected chi connectivity index (χ0v) is 13.7. The van der Waals surface area contributed by atoms with Gasteiger partial charge >= 0.3 is 0 Å². The van der Waals surface area contributed by atoms with Crippen LogP contribution < -0.4 is 5.32 Å². The van der Waals surface area contributed by atoms with Crippen LogP contribution in [0.3, 0.4) is 0 Å². The number of non-ortho nitro benzene ring substituents is 1. The van der Waals surface area contributed by atoms with Gasteiger partial charge < -0.3 is 5.32 Å². The molecule has 0 atom stereocenters. The van der Waals surface area contributed by atoms with Crippen LogP contribution in [0.2, 0.25) is 10.0 Å². The molecule has 1 heterocycles. The average Bonchev–Trinajstić information content (AvgIpc) is 2.99. The first-order valence-corrected chi connectivity index (χ1v) is 7.90. The molecule has 3 aromatic rings. The van der Waals surface area contributed by atoms with Gasteiger partial charge in [-0.2, -0.15) is 0 Å². The molecule has 1 aromatic heterocycles. The van der Waals surface area contributed by atoms with E-state index in [2.05, 4.69) is 15.5 Å². The number of nitro benzene ring substituents is 1. The number of anilines is 2. The topological polar surface area (TPSA) is 81.0 Å². The van der Waals surface area contributed by atoms with Crippen LogP contribution in [0.15, 0.2) is 42.5 Å². The molecule has 0 spiro atoms. The van der Waals surface area contributed by atoms with Gasteiger partial charge in [0, 0.05) is 23.4 Å². The van der Waals surface area contributed by atoms with Crippen LogP contribution in [0.25, 0.3) is 10.6 Å². The molecule has 0 radical (unpaired) electrons. The van der Waals surface area contributed by atoms with E-state index < -0.39 is 4.92 Å². The maximum absolute atomic E-state index is 10.8. The molecule has 6 nitrogen and oxygen atoms in total. The predicted molar refractivity (Wildman–Crippen MR) is 91.7 cm³/mol. The molecule has 0 saturated heterocycles. The van der Waals surface area contributed by atoms with Crippen molar-refractivity contribution in [3.05, 3.63) is 62.6 Å².